The number of nitrogens with one attached hydrogen (secondary N) is 1. The van der Waals surface area contributed by atoms with Crippen molar-refractivity contribution >= 4 is 13.7 Å². The van der Waals surface area contributed by atoms with Gasteiger partial charge in [-0.15, -0.1) is 0 Å². The van der Waals surface area contributed by atoms with E-state index in [1.807, 2.05) is 63.7 Å². The highest BCUT2D eigenvalue weighted by Gasteiger charge is 2.27. The Labute approximate surface area is 323 Å². The van der Waals surface area contributed by atoms with Gasteiger partial charge in [0, 0.05) is 6.42 Å². The molecule has 2 unspecified atom stereocenters. The predicted octanol–water partition coefficient (Wildman–Crippen LogP) is 9.60. The quantitative estimate of drug-likeness (QED) is 0.0169. The van der Waals surface area contributed by atoms with Crippen LogP contribution in [0.2, 0.25) is 0 Å². The molecule has 9 nitrogen and oxygen atoms in total. The lowest BCUT2D eigenvalue weighted by molar-refractivity contribution is -0.870. The highest BCUT2D eigenvalue weighted by atomic mass is 31.2. The number of rotatable bonds is 34. The molecule has 0 spiro atoms. The van der Waals surface area contributed by atoms with Crippen LogP contribution in [0.15, 0.2) is 85.1 Å². The Morgan fingerprint density at radius 1 is 0.717 bits per heavy atom. The van der Waals surface area contributed by atoms with Crippen LogP contribution in [0.3, 0.4) is 0 Å². The number of likely N-dealkylation sites (N-methyl/N-ethyl adjacent to an activating group) is 1. The predicted molar refractivity (Wildman–Crippen MR) is 222 cm³/mol. The Morgan fingerprint density at radius 2 is 1.32 bits per heavy atom. The Balaban J connectivity index is 4.71. The normalized spacial score (nSPS) is 16.0. The highest BCUT2D eigenvalue weighted by molar-refractivity contribution is 7.47. The highest BCUT2D eigenvalue weighted by Crippen LogP contribution is 2.43. The summed E-state index contributed by atoms with van der Waals surface area (Å²) in [5.74, 6) is -0.269. The summed E-state index contributed by atoms with van der Waals surface area (Å²) in [5, 5.41) is 23.7. The van der Waals surface area contributed by atoms with E-state index in [4.69, 9.17) is 9.05 Å². The molecule has 0 aliphatic heterocycles. The van der Waals surface area contributed by atoms with Gasteiger partial charge in [-0.1, -0.05) is 131 Å². The van der Waals surface area contributed by atoms with E-state index >= 15 is 0 Å². The van der Waals surface area contributed by atoms with Crippen LogP contribution in [0.25, 0.3) is 0 Å². The Hall–Kier alpha value is -2.36. The number of hydrogen-bond acceptors (Lipinski definition) is 6. The number of unbranched alkanes of at least 4 members (excludes halogenated alkanes) is 9. The first-order valence-corrected chi connectivity index (χ1v) is 21.6. The molecule has 0 aromatic heterocycles. The number of carbonyl (C=O) groups is 1. The van der Waals surface area contributed by atoms with Gasteiger partial charge in [-0.3, -0.25) is 13.8 Å². The third-order valence-electron chi connectivity index (χ3n) is 8.15. The van der Waals surface area contributed by atoms with Crippen molar-refractivity contribution in [3.05, 3.63) is 85.1 Å². The van der Waals surface area contributed by atoms with Crippen LogP contribution < -0.4 is 5.32 Å². The van der Waals surface area contributed by atoms with E-state index in [-0.39, 0.29) is 25.5 Å². The SMILES string of the molecule is CC/C=C\C/C=C\CC(O)/C=C/C=C\C/C=C\CCCC(=O)N[C@@H](COP(=O)(O)OCC[N+](C)(C)C)[C@H](O)/C=C/CCCCCCCC/C=C\CCC. The second kappa shape index (κ2) is 34.2. The van der Waals surface area contributed by atoms with Gasteiger partial charge in [0.2, 0.25) is 5.91 Å². The third kappa shape index (κ3) is 36.4. The van der Waals surface area contributed by atoms with Gasteiger partial charge in [0.25, 0.3) is 0 Å². The van der Waals surface area contributed by atoms with Crippen molar-refractivity contribution in [1.29, 1.82) is 0 Å². The topological polar surface area (TPSA) is 125 Å². The van der Waals surface area contributed by atoms with Crippen LogP contribution in [0.5, 0.6) is 0 Å². The molecule has 0 radical (unpaired) electrons. The molecule has 0 aliphatic carbocycles. The van der Waals surface area contributed by atoms with Crippen molar-refractivity contribution in [3.63, 3.8) is 0 Å². The molecule has 4 N–H and O–H groups in total. The number of allylic oxidation sites excluding steroid dienone is 11. The summed E-state index contributed by atoms with van der Waals surface area (Å²) >= 11 is 0. The van der Waals surface area contributed by atoms with E-state index in [1.165, 1.54) is 32.1 Å². The average Bonchev–Trinajstić information content (AvgIpc) is 3.10. The second-order valence-electron chi connectivity index (χ2n) is 14.5. The summed E-state index contributed by atoms with van der Waals surface area (Å²) < 4.78 is 23.4. The number of phosphoric acid groups is 1. The van der Waals surface area contributed by atoms with E-state index < -0.39 is 26.1 Å². The first kappa shape index (κ1) is 50.6. The average molecular weight is 764 g/mol. The van der Waals surface area contributed by atoms with Crippen molar-refractivity contribution in [2.45, 2.75) is 141 Å². The van der Waals surface area contributed by atoms with E-state index in [0.717, 1.165) is 51.4 Å². The first-order valence-electron chi connectivity index (χ1n) is 20.1. The molecule has 304 valence electrons. The van der Waals surface area contributed by atoms with E-state index in [1.54, 1.807) is 12.2 Å². The van der Waals surface area contributed by atoms with Gasteiger partial charge < -0.3 is 24.9 Å². The Morgan fingerprint density at radius 3 is 2.02 bits per heavy atom. The Kier molecular flexibility index (Phi) is 32.6. The summed E-state index contributed by atoms with van der Waals surface area (Å²) in [6.07, 6.45) is 42.5. The van der Waals surface area contributed by atoms with Crippen molar-refractivity contribution in [3.8, 4) is 0 Å². The standard InChI is InChI=1S/C43H75N2O7P/c1-6-8-10-12-14-15-16-17-18-19-23-27-31-35-42(47)41(39-52-53(49,50)51-38-37-45(3,4)5)44-43(48)36-32-28-24-21-20-22-26-30-34-40(46)33-29-25-13-11-9-7-2/h9-12,21-22,24-26,29-31,34-35,40-42,46-47H,6-8,13-20,23,27-28,32-33,36-39H2,1-5H3,(H-,44,48,49,50)/p+1/b11-9-,12-10-,24-21-,26-22-,29-25-,34-30+,35-31+/t40?,41-,42+/m0/s1. The third-order valence-corrected chi connectivity index (χ3v) is 9.14. The minimum atomic E-state index is -4.37. The molecule has 1 amide bonds. The molecule has 0 heterocycles. The molecule has 0 saturated carbocycles. The smallest absolute Gasteiger partial charge is 0.389 e. The molecule has 0 rings (SSSR count). The van der Waals surface area contributed by atoms with Crippen molar-refractivity contribution in [2.24, 2.45) is 0 Å². The fraction of sp³-hybridized carbons (Fsp3) is 0.651. The van der Waals surface area contributed by atoms with Gasteiger partial charge in [0.1, 0.15) is 13.2 Å². The fourth-order valence-corrected chi connectivity index (χ4v) is 5.66. The molecule has 0 aliphatic rings. The second-order valence-corrected chi connectivity index (χ2v) is 15.9. The molecule has 10 heteroatoms. The van der Waals surface area contributed by atoms with E-state index in [9.17, 15) is 24.5 Å². The van der Waals surface area contributed by atoms with Crippen molar-refractivity contribution in [2.75, 3.05) is 40.9 Å². The van der Waals surface area contributed by atoms with Crippen molar-refractivity contribution in [1.82, 2.24) is 5.32 Å². The summed E-state index contributed by atoms with van der Waals surface area (Å²) in [6.45, 7) is 4.48. The van der Waals surface area contributed by atoms with Crippen molar-refractivity contribution < 1.29 is 38.0 Å². The van der Waals surface area contributed by atoms with Gasteiger partial charge in [0.15, 0.2) is 0 Å². The number of nitrogens with zero attached hydrogens (tertiary/aromatic N) is 1. The molecule has 0 aromatic rings. The largest absolute Gasteiger partial charge is 0.472 e. The number of quaternary nitrogens is 1. The summed E-state index contributed by atoms with van der Waals surface area (Å²) in [4.78, 5) is 23.0. The summed E-state index contributed by atoms with van der Waals surface area (Å²) in [7, 11) is 1.47. The molecule has 4 atom stereocenters. The lowest BCUT2D eigenvalue weighted by Gasteiger charge is -2.25. The zero-order valence-electron chi connectivity index (χ0n) is 33.8. The number of carbonyl (C=O) groups excluding carboxylic acids is 1. The molecule has 0 saturated heterocycles. The minimum Gasteiger partial charge on any atom is -0.389 e. The van der Waals surface area contributed by atoms with Crippen LogP contribution >= 0.6 is 7.82 Å². The zero-order valence-corrected chi connectivity index (χ0v) is 34.7. The van der Waals surface area contributed by atoms with E-state index in [0.29, 0.717) is 30.3 Å². The molecule has 0 bridgehead atoms. The molecule has 0 fully saturated rings. The first-order chi connectivity index (χ1) is 25.4. The van der Waals surface area contributed by atoms with Crippen LogP contribution in [0.1, 0.15) is 123 Å². The van der Waals surface area contributed by atoms with E-state index in [2.05, 4.69) is 49.5 Å². The summed E-state index contributed by atoms with van der Waals surface area (Å²) in [5.41, 5.74) is 0. The van der Waals surface area contributed by atoms with Crippen LogP contribution in [0, 0.1) is 0 Å². The number of aliphatic hydroxyl groups excluding tert-OH is 2. The van der Waals surface area contributed by atoms with Gasteiger partial charge >= 0.3 is 7.82 Å². The number of aliphatic hydroxyl groups is 2. The zero-order chi connectivity index (χ0) is 39.5. The Bertz CT molecular complexity index is 1150. The summed E-state index contributed by atoms with van der Waals surface area (Å²) in [6, 6.07) is -0.904. The lowest BCUT2D eigenvalue weighted by atomic mass is 10.1. The number of hydrogen-bond donors (Lipinski definition) is 4. The van der Waals surface area contributed by atoms with Gasteiger partial charge in [0.05, 0.1) is 46.0 Å². The number of phosphoric ester groups is 1. The maximum absolute atomic E-state index is 12.8. The van der Waals surface area contributed by atoms with Gasteiger partial charge in [-0.25, -0.2) is 4.57 Å². The lowest BCUT2D eigenvalue weighted by Crippen LogP contribution is -2.45. The molecule has 53 heavy (non-hydrogen) atoms. The van der Waals surface area contributed by atoms with Crippen LogP contribution in [-0.2, 0) is 18.4 Å². The van der Waals surface area contributed by atoms with Crippen LogP contribution in [-0.4, -0.2) is 84.6 Å². The van der Waals surface area contributed by atoms with Gasteiger partial charge in [-0.2, -0.15) is 0 Å². The monoisotopic (exact) mass is 764 g/mol. The molecular formula is C43H76N2O7P+. The maximum Gasteiger partial charge on any atom is 0.472 e. The maximum atomic E-state index is 12.8. The number of amides is 1. The molecule has 0 aromatic carbocycles. The van der Waals surface area contributed by atoms with Crippen LogP contribution in [0.4, 0.5) is 0 Å². The fourth-order valence-electron chi connectivity index (χ4n) is 4.92. The minimum absolute atomic E-state index is 0.0331. The van der Waals surface area contributed by atoms with Gasteiger partial charge in [-0.05, 0) is 70.6 Å². The molecular weight excluding hydrogens is 687 g/mol.